The molecular weight excluding hydrogens is 494 g/mol. The van der Waals surface area contributed by atoms with E-state index in [-0.39, 0.29) is 0 Å². The maximum Gasteiger partial charge on any atom is 0.322 e. The van der Waals surface area contributed by atoms with E-state index in [4.69, 9.17) is 32.5 Å². The number of aromatic nitrogens is 2. The van der Waals surface area contributed by atoms with E-state index in [2.05, 4.69) is 19.7 Å². The van der Waals surface area contributed by atoms with Crippen molar-refractivity contribution in [1.29, 1.82) is 10.5 Å². The van der Waals surface area contributed by atoms with Crippen LogP contribution in [0.4, 0.5) is 26.3 Å². The maximum absolute atomic E-state index is 15.9. The third kappa shape index (κ3) is 2.61. The van der Waals surface area contributed by atoms with Gasteiger partial charge in [0, 0.05) is 0 Å². The fourth-order valence-electron chi connectivity index (χ4n) is 3.68. The number of rotatable bonds is 0. The van der Waals surface area contributed by atoms with Gasteiger partial charge < -0.3 is 8.83 Å². The Morgan fingerprint density at radius 1 is 0.611 bits per heavy atom. The Hall–Kier alpha value is -5.60. The van der Waals surface area contributed by atoms with Gasteiger partial charge in [0.05, 0.1) is 46.8 Å². The van der Waals surface area contributed by atoms with Gasteiger partial charge in [-0.15, -0.1) is 0 Å². The molecule has 5 aromatic rings. The summed E-state index contributed by atoms with van der Waals surface area (Å²) in [5, 5.41) is 12.8. The number of nitrogens with zero attached hydrogens (tertiary/aromatic N) is 6. The highest BCUT2D eigenvalue weighted by atomic mass is 19.2. The number of benzene rings is 3. The van der Waals surface area contributed by atoms with Gasteiger partial charge in [-0.25, -0.2) is 52.1 Å². The Balaban J connectivity index is 2.18. The quantitative estimate of drug-likeness (QED) is 0.181. The lowest BCUT2D eigenvalue weighted by Gasteiger charge is -2.10. The molecule has 0 saturated heterocycles. The zero-order valence-electron chi connectivity index (χ0n) is 16.8. The summed E-state index contributed by atoms with van der Waals surface area (Å²) < 4.78 is 101. The van der Waals surface area contributed by atoms with Crippen molar-refractivity contribution in [3.63, 3.8) is 0 Å². The lowest BCUT2D eigenvalue weighted by atomic mass is 9.98. The average Bonchev–Trinajstić information content (AvgIpc) is 3.49. The largest absolute Gasteiger partial charge is 0.445 e. The van der Waals surface area contributed by atoms with E-state index in [9.17, 15) is 17.6 Å². The lowest BCUT2D eigenvalue weighted by Crippen LogP contribution is -2.03. The van der Waals surface area contributed by atoms with Crippen molar-refractivity contribution in [3.05, 3.63) is 68.8 Å². The van der Waals surface area contributed by atoms with Crippen LogP contribution >= 0.6 is 0 Å². The van der Waals surface area contributed by atoms with Crippen LogP contribution in [-0.2, 0) is 0 Å². The number of nitriles is 2. The molecule has 0 unspecified atom stereocenters. The second kappa shape index (κ2) is 7.45. The summed E-state index contributed by atoms with van der Waals surface area (Å²) in [5.41, 5.74) is -7.25. The normalized spacial score (nSPS) is 12.9. The molecule has 0 bridgehead atoms. The van der Waals surface area contributed by atoms with E-state index in [0.29, 0.717) is 0 Å². The Kier molecular flexibility index (Phi) is 4.60. The Bertz CT molecular complexity index is 1990. The van der Waals surface area contributed by atoms with Crippen LogP contribution < -0.4 is 11.1 Å². The number of halogens is 6. The fraction of sp³-hybridized carbons (Fsp3) is 0. The molecule has 14 heteroatoms. The Morgan fingerprint density at radius 2 is 1.08 bits per heavy atom. The van der Waals surface area contributed by atoms with Crippen molar-refractivity contribution < 1.29 is 35.2 Å². The van der Waals surface area contributed by atoms with Gasteiger partial charge in [0.1, 0.15) is 22.7 Å². The molecule has 0 N–H and O–H groups in total. The molecule has 0 radical (unpaired) electrons. The number of hydrogen-bond donors (Lipinski definition) is 0. The Morgan fingerprint density at radius 3 is 1.64 bits per heavy atom. The van der Waals surface area contributed by atoms with E-state index in [1.165, 1.54) is 12.1 Å². The summed E-state index contributed by atoms with van der Waals surface area (Å²) in [5.74, 6) is -11.5. The highest BCUT2D eigenvalue weighted by Gasteiger charge is 2.32. The van der Waals surface area contributed by atoms with E-state index in [1.54, 1.807) is 0 Å². The van der Waals surface area contributed by atoms with Crippen LogP contribution in [0.5, 0.6) is 0 Å². The van der Waals surface area contributed by atoms with Crippen LogP contribution in [0.1, 0.15) is 0 Å². The number of oxazole rings is 2. The molecule has 0 atom stereocenters. The first-order chi connectivity index (χ1) is 17.2. The van der Waals surface area contributed by atoms with Gasteiger partial charge >= 0.3 is 11.4 Å². The average molecular weight is 494 g/mol. The van der Waals surface area contributed by atoms with Crippen LogP contribution in [0.15, 0.2) is 8.83 Å². The molecule has 36 heavy (non-hydrogen) atoms. The first-order valence-corrected chi connectivity index (χ1v) is 9.19. The molecule has 0 amide bonds. The van der Waals surface area contributed by atoms with E-state index in [0.717, 1.165) is 0 Å². The molecule has 0 saturated carbocycles. The molecule has 0 fully saturated rings. The van der Waals surface area contributed by atoms with Gasteiger partial charge in [-0.3, -0.25) is 0 Å². The molecule has 0 aliphatic heterocycles. The monoisotopic (exact) mass is 494 g/mol. The van der Waals surface area contributed by atoms with E-state index in [1.807, 2.05) is 0 Å². The van der Waals surface area contributed by atoms with Gasteiger partial charge in [0.15, 0.2) is 28.6 Å². The van der Waals surface area contributed by atoms with Crippen molar-refractivity contribution in [3.8, 4) is 12.1 Å². The first-order valence-electron chi connectivity index (χ1n) is 9.19. The van der Waals surface area contributed by atoms with Crippen molar-refractivity contribution >= 4 is 55.1 Å². The zero-order chi connectivity index (χ0) is 26.0. The highest BCUT2D eigenvalue weighted by Crippen LogP contribution is 2.41. The topological polar surface area (TPSA) is 108 Å². The molecule has 172 valence electrons. The molecule has 0 spiro atoms. The van der Waals surface area contributed by atoms with Crippen LogP contribution in [0, 0.1) is 70.7 Å². The highest BCUT2D eigenvalue weighted by molar-refractivity contribution is 6.16. The van der Waals surface area contributed by atoms with Gasteiger partial charge in [0.2, 0.25) is 16.9 Å². The lowest BCUT2D eigenvalue weighted by molar-refractivity contribution is 0.483. The van der Waals surface area contributed by atoms with Crippen LogP contribution in [0.2, 0.25) is 0 Å². The molecule has 2 aromatic heterocycles. The van der Waals surface area contributed by atoms with Gasteiger partial charge in [-0.05, 0) is 0 Å². The third-order valence-electron chi connectivity index (χ3n) is 5.17. The summed E-state index contributed by atoms with van der Waals surface area (Å²) >= 11 is 0. The molecule has 0 aliphatic rings. The molecule has 8 nitrogen and oxygen atoms in total. The summed E-state index contributed by atoms with van der Waals surface area (Å²) in [4.78, 5) is 12.7. The smallest absolute Gasteiger partial charge is 0.322 e. The van der Waals surface area contributed by atoms with Crippen molar-refractivity contribution in [2.45, 2.75) is 0 Å². The van der Waals surface area contributed by atoms with E-state index < -0.39 is 101 Å². The predicted molar refractivity (Wildman–Crippen MR) is 107 cm³/mol. The zero-order valence-corrected chi connectivity index (χ0v) is 16.8. The summed E-state index contributed by atoms with van der Waals surface area (Å²) in [6.07, 6.45) is 0. The van der Waals surface area contributed by atoms with Crippen LogP contribution in [0.25, 0.3) is 64.8 Å². The van der Waals surface area contributed by atoms with Gasteiger partial charge in [-0.1, -0.05) is 0 Å². The third-order valence-corrected chi connectivity index (χ3v) is 5.17. The second-order valence-electron chi connectivity index (χ2n) is 6.92. The fourth-order valence-corrected chi connectivity index (χ4v) is 3.68. The van der Waals surface area contributed by atoms with Crippen molar-refractivity contribution in [2.75, 3.05) is 0 Å². The van der Waals surface area contributed by atoms with Gasteiger partial charge in [0.25, 0.3) is 0 Å². The summed E-state index contributed by atoms with van der Waals surface area (Å²) in [6, 6.07) is 2.77. The van der Waals surface area contributed by atoms with E-state index >= 15 is 8.78 Å². The summed E-state index contributed by atoms with van der Waals surface area (Å²) in [7, 11) is 0. The minimum absolute atomic E-state index is 0.823. The molecular formula is C22F6N6O2. The van der Waals surface area contributed by atoms with Crippen LogP contribution in [-0.4, -0.2) is 9.97 Å². The van der Waals surface area contributed by atoms with Gasteiger partial charge in [-0.2, -0.15) is 4.39 Å². The standard InChI is InChI=1S/C22F6N6O2/c1-31-5(3-29)21-33-17-9-7(14(26)16(28)20(17)36-21)11(23)8-10(12(9)24)19-18(15(27)13(8)25)34-22(35-19)6(4-30)32-2/b21-5-,22-6-. The Labute approximate surface area is 192 Å². The maximum atomic E-state index is 15.9. The first kappa shape index (κ1) is 22.2. The molecule has 2 heterocycles. The SMILES string of the molecule is [C-]#[N+]/C(C#N)=c1/nc2c(o1)c(F)c(F)c1c(F)c3c(F)c(F)c4n/c(=C(\C#N)[N+]#[C-])oc4c3c(F)c12. The summed E-state index contributed by atoms with van der Waals surface area (Å²) in [6.45, 7) is 13.9. The molecule has 0 aliphatic carbocycles. The van der Waals surface area contributed by atoms with Crippen LogP contribution in [0.3, 0.4) is 0 Å². The predicted octanol–water partition coefficient (Wildman–Crippen LogP) is 4.21. The number of hydrogen-bond acceptors (Lipinski definition) is 6. The molecule has 5 rings (SSSR count). The minimum Gasteiger partial charge on any atom is -0.445 e. The molecule has 3 aromatic carbocycles. The van der Waals surface area contributed by atoms with Crippen molar-refractivity contribution in [2.24, 2.45) is 0 Å². The second-order valence-corrected chi connectivity index (χ2v) is 6.92. The van der Waals surface area contributed by atoms with Crippen molar-refractivity contribution in [1.82, 2.24) is 9.97 Å². The number of fused-ring (bicyclic) bond motifs is 6. The minimum atomic E-state index is -2.05.